The standard InChI is InChI=1S/C15H13ClF3NO2S/c1-14(21,15(17,18)19)10-6-8-11(9-7-10)20-23(22)13-5-3-2-4-12(13)16/h2-9,20-21H,1H3. The van der Waals surface area contributed by atoms with Gasteiger partial charge >= 0.3 is 6.18 Å². The van der Waals surface area contributed by atoms with Gasteiger partial charge in [-0.2, -0.15) is 13.2 Å². The summed E-state index contributed by atoms with van der Waals surface area (Å²) < 4.78 is 53.1. The van der Waals surface area contributed by atoms with Crippen LogP contribution in [0.1, 0.15) is 12.5 Å². The summed E-state index contributed by atoms with van der Waals surface area (Å²) in [5.74, 6) is 0. The van der Waals surface area contributed by atoms with Crippen LogP contribution in [0, 0.1) is 0 Å². The van der Waals surface area contributed by atoms with Crippen LogP contribution >= 0.6 is 11.6 Å². The lowest BCUT2D eigenvalue weighted by atomic mass is 9.95. The average Bonchev–Trinajstić information content (AvgIpc) is 2.47. The number of rotatable bonds is 4. The Morgan fingerprint density at radius 1 is 1.09 bits per heavy atom. The Balaban J connectivity index is 2.18. The monoisotopic (exact) mass is 363 g/mol. The van der Waals surface area contributed by atoms with E-state index in [1.54, 1.807) is 24.3 Å². The Morgan fingerprint density at radius 3 is 2.17 bits per heavy atom. The molecule has 23 heavy (non-hydrogen) atoms. The molecule has 124 valence electrons. The molecule has 2 N–H and O–H groups in total. The van der Waals surface area contributed by atoms with Crippen LogP contribution in [0.2, 0.25) is 5.02 Å². The maximum atomic E-state index is 12.8. The van der Waals surface area contributed by atoms with Crippen molar-refractivity contribution in [3.63, 3.8) is 0 Å². The molecule has 0 heterocycles. The second-order valence-corrected chi connectivity index (χ2v) is 6.54. The van der Waals surface area contributed by atoms with Gasteiger partial charge in [0, 0.05) is 5.69 Å². The van der Waals surface area contributed by atoms with Crippen molar-refractivity contribution in [3.8, 4) is 0 Å². The molecule has 0 spiro atoms. The lowest BCUT2D eigenvalue weighted by Gasteiger charge is -2.26. The largest absolute Gasteiger partial charge is 0.421 e. The van der Waals surface area contributed by atoms with Crippen LogP contribution in [0.4, 0.5) is 18.9 Å². The molecule has 0 amide bonds. The van der Waals surface area contributed by atoms with Gasteiger partial charge in [0.05, 0.1) is 9.92 Å². The minimum atomic E-state index is -4.79. The van der Waals surface area contributed by atoms with Gasteiger partial charge in [-0.15, -0.1) is 0 Å². The van der Waals surface area contributed by atoms with E-state index in [-0.39, 0.29) is 5.56 Å². The Bertz CT molecular complexity index is 717. The first kappa shape index (κ1) is 17.8. The minimum absolute atomic E-state index is 0.306. The van der Waals surface area contributed by atoms with E-state index in [0.29, 0.717) is 22.5 Å². The summed E-state index contributed by atoms with van der Waals surface area (Å²) >= 11 is 5.93. The van der Waals surface area contributed by atoms with Gasteiger partial charge in [-0.3, -0.25) is 0 Å². The molecule has 0 fully saturated rings. The fourth-order valence-electron chi connectivity index (χ4n) is 1.78. The van der Waals surface area contributed by atoms with Gasteiger partial charge in [-0.25, -0.2) is 4.21 Å². The van der Waals surface area contributed by atoms with Gasteiger partial charge in [-0.05, 0) is 36.8 Å². The Labute approximate surface area is 138 Å². The fraction of sp³-hybridized carbons (Fsp3) is 0.200. The zero-order valence-electron chi connectivity index (χ0n) is 11.9. The van der Waals surface area contributed by atoms with E-state index in [1.807, 2.05) is 0 Å². The summed E-state index contributed by atoms with van der Waals surface area (Å²) in [4.78, 5) is 0.362. The zero-order valence-corrected chi connectivity index (χ0v) is 13.5. The molecule has 0 saturated carbocycles. The molecule has 0 bridgehead atoms. The molecule has 2 atom stereocenters. The van der Waals surface area contributed by atoms with E-state index in [4.69, 9.17) is 11.6 Å². The van der Waals surface area contributed by atoms with Crippen LogP contribution in [0.15, 0.2) is 53.4 Å². The Kier molecular flexibility index (Phi) is 5.03. The van der Waals surface area contributed by atoms with Gasteiger partial charge in [0.25, 0.3) is 0 Å². The van der Waals surface area contributed by atoms with Crippen LogP contribution in [0.3, 0.4) is 0 Å². The quantitative estimate of drug-likeness (QED) is 0.853. The van der Waals surface area contributed by atoms with Crippen molar-refractivity contribution in [2.75, 3.05) is 4.72 Å². The number of nitrogens with one attached hydrogen (secondary N) is 1. The maximum Gasteiger partial charge on any atom is 0.421 e. The molecule has 8 heteroatoms. The molecule has 0 radical (unpaired) electrons. The van der Waals surface area contributed by atoms with Gasteiger partial charge in [0.15, 0.2) is 16.6 Å². The first-order chi connectivity index (χ1) is 10.6. The average molecular weight is 364 g/mol. The van der Waals surface area contributed by atoms with Crippen molar-refractivity contribution >= 4 is 28.3 Å². The van der Waals surface area contributed by atoms with Crippen molar-refractivity contribution in [2.24, 2.45) is 0 Å². The van der Waals surface area contributed by atoms with E-state index in [0.717, 1.165) is 12.1 Å². The van der Waals surface area contributed by atoms with Crippen molar-refractivity contribution in [3.05, 3.63) is 59.1 Å². The van der Waals surface area contributed by atoms with Crippen LogP contribution < -0.4 is 4.72 Å². The maximum absolute atomic E-state index is 12.8. The molecule has 3 nitrogen and oxygen atoms in total. The molecule has 2 aromatic rings. The normalized spacial score (nSPS) is 15.7. The molecule has 0 saturated heterocycles. The van der Waals surface area contributed by atoms with E-state index in [9.17, 15) is 22.5 Å². The summed E-state index contributed by atoms with van der Waals surface area (Å²) in [6.45, 7) is 0.678. The summed E-state index contributed by atoms with van der Waals surface area (Å²) in [5.41, 5.74) is -2.92. The predicted molar refractivity (Wildman–Crippen MR) is 83.6 cm³/mol. The number of benzene rings is 2. The number of hydrogen-bond donors (Lipinski definition) is 2. The lowest BCUT2D eigenvalue weighted by Crippen LogP contribution is -2.39. The molecule has 0 aromatic heterocycles. The van der Waals surface area contributed by atoms with E-state index in [2.05, 4.69) is 4.72 Å². The summed E-state index contributed by atoms with van der Waals surface area (Å²) in [6, 6.07) is 11.4. The van der Waals surface area contributed by atoms with Crippen molar-refractivity contribution < 1.29 is 22.5 Å². The van der Waals surface area contributed by atoms with Crippen molar-refractivity contribution in [1.29, 1.82) is 0 Å². The molecule has 0 aliphatic carbocycles. The third-order valence-electron chi connectivity index (χ3n) is 3.25. The van der Waals surface area contributed by atoms with Gasteiger partial charge in [-0.1, -0.05) is 35.9 Å². The molecular formula is C15H13ClF3NO2S. The first-order valence-corrected chi connectivity index (χ1v) is 7.98. The van der Waals surface area contributed by atoms with E-state index in [1.165, 1.54) is 12.1 Å². The van der Waals surface area contributed by atoms with Crippen LogP contribution in [-0.4, -0.2) is 15.5 Å². The highest BCUT2D eigenvalue weighted by molar-refractivity contribution is 7.86. The molecule has 2 unspecified atom stereocenters. The second-order valence-electron chi connectivity index (χ2n) is 4.95. The Hall–Kier alpha value is -1.57. The summed E-state index contributed by atoms with van der Waals surface area (Å²) in [6.07, 6.45) is -4.79. The topological polar surface area (TPSA) is 49.3 Å². The highest BCUT2D eigenvalue weighted by atomic mass is 35.5. The number of aliphatic hydroxyl groups is 1. The molecule has 2 rings (SSSR count). The zero-order chi connectivity index (χ0) is 17.3. The SMILES string of the molecule is CC(O)(c1ccc(NS(=O)c2ccccc2Cl)cc1)C(F)(F)F. The van der Waals surface area contributed by atoms with Gasteiger partial charge in [0.2, 0.25) is 0 Å². The molecule has 2 aromatic carbocycles. The van der Waals surface area contributed by atoms with Gasteiger partial charge < -0.3 is 9.83 Å². The number of alkyl halides is 3. The third-order valence-corrected chi connectivity index (χ3v) is 4.86. The van der Waals surface area contributed by atoms with Crippen LogP contribution in [0.25, 0.3) is 0 Å². The number of halogens is 4. The molecule has 0 aliphatic heterocycles. The summed E-state index contributed by atoms with van der Waals surface area (Å²) in [7, 11) is -1.66. The van der Waals surface area contributed by atoms with Crippen LogP contribution in [0.5, 0.6) is 0 Å². The number of anilines is 1. The highest BCUT2D eigenvalue weighted by Gasteiger charge is 2.51. The Morgan fingerprint density at radius 2 is 1.65 bits per heavy atom. The number of hydrogen-bond acceptors (Lipinski definition) is 2. The van der Waals surface area contributed by atoms with Gasteiger partial charge in [0.1, 0.15) is 0 Å². The first-order valence-electron chi connectivity index (χ1n) is 6.45. The second kappa shape index (κ2) is 6.51. The highest BCUT2D eigenvalue weighted by Crippen LogP contribution is 2.38. The van der Waals surface area contributed by atoms with Crippen molar-refractivity contribution in [2.45, 2.75) is 23.6 Å². The van der Waals surface area contributed by atoms with Crippen molar-refractivity contribution in [1.82, 2.24) is 0 Å². The smallest absolute Gasteiger partial charge is 0.376 e. The fourth-order valence-corrected chi connectivity index (χ4v) is 3.04. The molecule has 0 aliphatic rings. The minimum Gasteiger partial charge on any atom is -0.376 e. The van der Waals surface area contributed by atoms with Crippen LogP contribution in [-0.2, 0) is 16.6 Å². The molecular weight excluding hydrogens is 351 g/mol. The van der Waals surface area contributed by atoms with E-state index < -0.39 is 22.8 Å². The lowest BCUT2D eigenvalue weighted by molar-refractivity contribution is -0.258. The third kappa shape index (κ3) is 3.85. The predicted octanol–water partition coefficient (Wildman–Crippen LogP) is 4.24. The summed E-state index contributed by atoms with van der Waals surface area (Å²) in [5, 5.41) is 9.90. The van der Waals surface area contributed by atoms with E-state index >= 15 is 0 Å².